The molecule has 0 radical (unpaired) electrons. The van der Waals surface area contributed by atoms with Gasteiger partial charge in [0.2, 0.25) is 0 Å². The Balaban J connectivity index is 2.11. The topological polar surface area (TPSA) is 40.5 Å². The smallest absolute Gasteiger partial charge is 0.323 e. The monoisotopic (exact) mass is 289 g/mol. The number of para-hydroxylation sites is 1. The molecule has 0 saturated heterocycles. The van der Waals surface area contributed by atoms with E-state index in [1.807, 2.05) is 30.3 Å². The van der Waals surface area contributed by atoms with E-state index in [1.165, 1.54) is 19.3 Å². The zero-order chi connectivity index (χ0) is 15.2. The van der Waals surface area contributed by atoms with Crippen LogP contribution < -0.4 is 4.90 Å². The predicted octanol–water partition coefficient (Wildman–Crippen LogP) is 4.18. The summed E-state index contributed by atoms with van der Waals surface area (Å²) >= 11 is 0. The van der Waals surface area contributed by atoms with Gasteiger partial charge < -0.3 is 10.0 Å². The summed E-state index contributed by atoms with van der Waals surface area (Å²) in [6.45, 7) is 4.65. The first kappa shape index (κ1) is 15.9. The second kappa shape index (κ2) is 7.48. The quantitative estimate of drug-likeness (QED) is 0.854. The number of hydrogen-bond donors (Lipinski definition) is 1. The Morgan fingerprint density at radius 3 is 2.62 bits per heavy atom. The third kappa shape index (κ3) is 4.76. The van der Waals surface area contributed by atoms with Crippen molar-refractivity contribution in [3.05, 3.63) is 30.3 Å². The van der Waals surface area contributed by atoms with Gasteiger partial charge in [0.1, 0.15) is 6.54 Å². The molecule has 0 aliphatic heterocycles. The summed E-state index contributed by atoms with van der Waals surface area (Å²) in [7, 11) is 0. The van der Waals surface area contributed by atoms with Crippen LogP contribution in [0.2, 0.25) is 0 Å². The molecule has 21 heavy (non-hydrogen) atoms. The lowest BCUT2D eigenvalue weighted by atomic mass is 9.80. The number of carboxylic acid groups (broad SMARTS) is 1. The van der Waals surface area contributed by atoms with E-state index >= 15 is 0 Å². The summed E-state index contributed by atoms with van der Waals surface area (Å²) in [5, 5.41) is 9.25. The third-order valence-corrected chi connectivity index (χ3v) is 4.39. The van der Waals surface area contributed by atoms with Crippen molar-refractivity contribution >= 4 is 11.7 Å². The van der Waals surface area contributed by atoms with Crippen molar-refractivity contribution in [2.45, 2.75) is 52.0 Å². The van der Waals surface area contributed by atoms with E-state index in [1.54, 1.807) is 0 Å². The van der Waals surface area contributed by atoms with Gasteiger partial charge in [0, 0.05) is 11.7 Å². The van der Waals surface area contributed by atoms with Gasteiger partial charge >= 0.3 is 5.97 Å². The van der Waals surface area contributed by atoms with Crippen molar-refractivity contribution in [1.29, 1.82) is 0 Å². The zero-order valence-electron chi connectivity index (χ0n) is 13.2. The number of anilines is 1. The first-order valence-corrected chi connectivity index (χ1v) is 8.09. The number of carboxylic acids is 1. The van der Waals surface area contributed by atoms with Gasteiger partial charge in [-0.3, -0.25) is 4.79 Å². The lowest BCUT2D eigenvalue weighted by Crippen LogP contribution is -2.42. The van der Waals surface area contributed by atoms with Gasteiger partial charge in [0.25, 0.3) is 0 Å². The highest BCUT2D eigenvalue weighted by Crippen LogP contribution is 2.33. The van der Waals surface area contributed by atoms with Crippen LogP contribution in [0.5, 0.6) is 0 Å². The minimum absolute atomic E-state index is 0.100. The summed E-state index contributed by atoms with van der Waals surface area (Å²) in [5.74, 6) is 0.715. The Morgan fingerprint density at radius 1 is 1.29 bits per heavy atom. The lowest BCUT2D eigenvalue weighted by Gasteiger charge is -2.38. The van der Waals surface area contributed by atoms with Crippen molar-refractivity contribution in [3.63, 3.8) is 0 Å². The van der Waals surface area contributed by atoms with Crippen molar-refractivity contribution in [1.82, 2.24) is 0 Å². The molecule has 0 aromatic heterocycles. The molecular weight excluding hydrogens is 262 g/mol. The maximum atomic E-state index is 11.2. The van der Waals surface area contributed by atoms with Crippen LogP contribution in [0, 0.1) is 11.8 Å². The van der Waals surface area contributed by atoms with Gasteiger partial charge in [-0.15, -0.1) is 0 Å². The summed E-state index contributed by atoms with van der Waals surface area (Å²) in [4.78, 5) is 13.3. The Hall–Kier alpha value is -1.51. The molecule has 1 N–H and O–H groups in total. The van der Waals surface area contributed by atoms with Crippen molar-refractivity contribution in [3.8, 4) is 0 Å². The normalized spacial score (nSPS) is 22.2. The second-order valence-corrected chi connectivity index (χ2v) is 6.67. The molecule has 2 atom stereocenters. The fourth-order valence-electron chi connectivity index (χ4n) is 3.62. The van der Waals surface area contributed by atoms with Crippen molar-refractivity contribution in [2.75, 3.05) is 11.4 Å². The molecule has 0 bridgehead atoms. The molecule has 3 heteroatoms. The molecule has 1 aromatic rings. The van der Waals surface area contributed by atoms with E-state index < -0.39 is 5.97 Å². The number of hydrogen-bond acceptors (Lipinski definition) is 2. The van der Waals surface area contributed by atoms with Gasteiger partial charge in [-0.05, 0) is 43.2 Å². The number of aliphatic carboxylic acids is 1. The maximum absolute atomic E-state index is 11.2. The Morgan fingerprint density at radius 2 is 2.00 bits per heavy atom. The summed E-state index contributed by atoms with van der Waals surface area (Å²) in [6, 6.07) is 10.4. The Bertz CT molecular complexity index is 444. The first-order valence-electron chi connectivity index (χ1n) is 8.09. The molecule has 0 heterocycles. The van der Waals surface area contributed by atoms with Crippen LogP contribution >= 0.6 is 0 Å². The Labute approximate surface area is 128 Å². The largest absolute Gasteiger partial charge is 0.480 e. The average molecular weight is 289 g/mol. The molecule has 0 amide bonds. The van der Waals surface area contributed by atoms with E-state index in [9.17, 15) is 9.90 Å². The number of carbonyl (C=O) groups is 1. The SMILES string of the molecule is CC(C)CC1CCCC(N(CC(=O)O)c2ccccc2)C1. The molecule has 1 fully saturated rings. The van der Waals surface area contributed by atoms with Crippen LogP contribution in [0.15, 0.2) is 30.3 Å². The first-order chi connectivity index (χ1) is 10.1. The van der Waals surface area contributed by atoms with Crippen molar-refractivity contribution < 1.29 is 9.90 Å². The molecular formula is C18H27NO2. The summed E-state index contributed by atoms with van der Waals surface area (Å²) in [6.07, 6.45) is 6.00. The number of nitrogens with zero attached hydrogens (tertiary/aromatic N) is 1. The van der Waals surface area contributed by atoms with Crippen LogP contribution in [0.25, 0.3) is 0 Å². The molecule has 1 saturated carbocycles. The number of rotatable bonds is 6. The van der Waals surface area contributed by atoms with E-state index in [0.29, 0.717) is 6.04 Å². The summed E-state index contributed by atoms with van der Waals surface area (Å²) in [5.41, 5.74) is 1.04. The van der Waals surface area contributed by atoms with Crippen LogP contribution in [-0.2, 0) is 4.79 Å². The number of benzene rings is 1. The molecule has 3 nitrogen and oxygen atoms in total. The highest BCUT2D eigenvalue weighted by atomic mass is 16.4. The highest BCUT2D eigenvalue weighted by molar-refractivity contribution is 5.74. The minimum atomic E-state index is -0.746. The maximum Gasteiger partial charge on any atom is 0.323 e. The van der Waals surface area contributed by atoms with E-state index in [2.05, 4.69) is 18.7 Å². The lowest BCUT2D eigenvalue weighted by molar-refractivity contribution is -0.135. The molecule has 1 aromatic carbocycles. The zero-order valence-corrected chi connectivity index (χ0v) is 13.2. The average Bonchev–Trinajstić information content (AvgIpc) is 2.45. The van der Waals surface area contributed by atoms with Gasteiger partial charge in [-0.2, -0.15) is 0 Å². The predicted molar refractivity (Wildman–Crippen MR) is 86.6 cm³/mol. The highest BCUT2D eigenvalue weighted by Gasteiger charge is 2.28. The second-order valence-electron chi connectivity index (χ2n) is 6.67. The molecule has 2 unspecified atom stereocenters. The van der Waals surface area contributed by atoms with Gasteiger partial charge in [-0.1, -0.05) is 44.9 Å². The fraction of sp³-hybridized carbons (Fsp3) is 0.611. The Kier molecular flexibility index (Phi) is 5.66. The van der Waals surface area contributed by atoms with Crippen LogP contribution in [0.3, 0.4) is 0 Å². The van der Waals surface area contributed by atoms with Gasteiger partial charge in [0.05, 0.1) is 0 Å². The fourth-order valence-corrected chi connectivity index (χ4v) is 3.62. The van der Waals surface area contributed by atoms with Crippen LogP contribution in [-0.4, -0.2) is 23.7 Å². The molecule has 116 valence electrons. The standard InChI is InChI=1S/C18H27NO2/c1-14(2)11-15-7-6-10-17(12-15)19(13-18(20)21)16-8-4-3-5-9-16/h3-5,8-9,14-15,17H,6-7,10-13H2,1-2H3,(H,20,21). The summed E-state index contributed by atoms with van der Waals surface area (Å²) < 4.78 is 0. The van der Waals surface area contributed by atoms with E-state index in [4.69, 9.17) is 0 Å². The molecule has 1 aliphatic carbocycles. The molecule has 2 rings (SSSR count). The van der Waals surface area contributed by atoms with Gasteiger partial charge in [-0.25, -0.2) is 0 Å². The minimum Gasteiger partial charge on any atom is -0.480 e. The van der Waals surface area contributed by atoms with Crippen molar-refractivity contribution in [2.24, 2.45) is 11.8 Å². The van der Waals surface area contributed by atoms with Gasteiger partial charge in [0.15, 0.2) is 0 Å². The van der Waals surface area contributed by atoms with Crippen LogP contribution in [0.1, 0.15) is 46.0 Å². The molecule has 1 aliphatic rings. The van der Waals surface area contributed by atoms with Crippen LogP contribution in [0.4, 0.5) is 5.69 Å². The molecule has 0 spiro atoms. The van der Waals surface area contributed by atoms with E-state index in [0.717, 1.165) is 30.4 Å². The van der Waals surface area contributed by atoms with E-state index in [-0.39, 0.29) is 6.54 Å². The third-order valence-electron chi connectivity index (χ3n) is 4.39.